The molecule has 0 unspecified atom stereocenters. The minimum atomic E-state index is 0.820. The van der Waals surface area contributed by atoms with Crippen LogP contribution in [-0.4, -0.2) is 12.0 Å². The van der Waals surface area contributed by atoms with Gasteiger partial charge in [0.25, 0.3) is 0 Å². The zero-order valence-electron chi connectivity index (χ0n) is 12.4. The first-order valence-electron chi connectivity index (χ1n) is 7.05. The fourth-order valence-electron chi connectivity index (χ4n) is 2.61. The van der Waals surface area contributed by atoms with Gasteiger partial charge in [0.2, 0.25) is 0 Å². The number of aryl methyl sites for hydroxylation is 1. The van der Waals surface area contributed by atoms with Crippen molar-refractivity contribution >= 4 is 22.3 Å². The lowest BCUT2D eigenvalue weighted by Gasteiger charge is -2.20. The molecule has 0 aliphatic carbocycles. The average molecular weight is 277 g/mol. The van der Waals surface area contributed by atoms with Gasteiger partial charge in [-0.3, -0.25) is 0 Å². The van der Waals surface area contributed by atoms with Gasteiger partial charge in [0.15, 0.2) is 0 Å². The van der Waals surface area contributed by atoms with Crippen LogP contribution in [0.4, 0.5) is 11.5 Å². The van der Waals surface area contributed by atoms with Crippen molar-refractivity contribution in [2.75, 3.05) is 17.7 Å². The van der Waals surface area contributed by atoms with Gasteiger partial charge >= 0.3 is 0 Å². The Labute approximate surface area is 125 Å². The number of rotatable bonds is 3. The van der Waals surface area contributed by atoms with Gasteiger partial charge in [-0.15, -0.1) is 0 Å². The van der Waals surface area contributed by atoms with E-state index >= 15 is 0 Å². The Kier molecular flexibility index (Phi) is 3.48. The predicted octanol–water partition coefficient (Wildman–Crippen LogP) is 3.76. The summed E-state index contributed by atoms with van der Waals surface area (Å²) in [7, 11) is 2.06. The molecule has 0 atom stereocenters. The van der Waals surface area contributed by atoms with Crippen LogP contribution in [0.1, 0.15) is 11.1 Å². The van der Waals surface area contributed by atoms with Crippen molar-refractivity contribution in [3.63, 3.8) is 0 Å². The SMILES string of the molecule is Cc1ccc2c(N(C)Cc3ccccc3)nccc2c1N. The number of hydrogen-bond donors (Lipinski definition) is 1. The fourth-order valence-corrected chi connectivity index (χ4v) is 2.61. The Morgan fingerprint density at radius 1 is 1.00 bits per heavy atom. The third-order valence-electron chi connectivity index (χ3n) is 3.81. The van der Waals surface area contributed by atoms with E-state index in [1.165, 1.54) is 5.56 Å². The molecule has 0 saturated heterocycles. The molecule has 0 radical (unpaired) electrons. The molecule has 0 aliphatic heterocycles. The molecule has 0 fully saturated rings. The lowest BCUT2D eigenvalue weighted by atomic mass is 10.1. The Bertz CT molecular complexity index is 766. The largest absolute Gasteiger partial charge is 0.398 e. The molecule has 3 heteroatoms. The monoisotopic (exact) mass is 277 g/mol. The van der Waals surface area contributed by atoms with Gasteiger partial charge in [-0.1, -0.05) is 42.5 Å². The van der Waals surface area contributed by atoms with E-state index in [0.29, 0.717) is 0 Å². The topological polar surface area (TPSA) is 42.2 Å². The number of aromatic nitrogens is 1. The summed E-state index contributed by atoms with van der Waals surface area (Å²) in [5.74, 6) is 0.961. The molecular formula is C18H19N3. The maximum atomic E-state index is 6.19. The zero-order chi connectivity index (χ0) is 14.8. The lowest BCUT2D eigenvalue weighted by Crippen LogP contribution is -2.18. The summed E-state index contributed by atoms with van der Waals surface area (Å²) in [5, 5.41) is 2.17. The minimum absolute atomic E-state index is 0.820. The Hall–Kier alpha value is -2.55. The number of pyridine rings is 1. The van der Waals surface area contributed by atoms with Gasteiger partial charge < -0.3 is 10.6 Å². The van der Waals surface area contributed by atoms with E-state index in [9.17, 15) is 0 Å². The molecule has 0 bridgehead atoms. The van der Waals surface area contributed by atoms with E-state index in [0.717, 1.165) is 34.4 Å². The van der Waals surface area contributed by atoms with Gasteiger partial charge in [0.05, 0.1) is 0 Å². The summed E-state index contributed by atoms with van der Waals surface area (Å²) in [4.78, 5) is 6.70. The second-order valence-electron chi connectivity index (χ2n) is 5.37. The molecule has 106 valence electrons. The quantitative estimate of drug-likeness (QED) is 0.741. The van der Waals surface area contributed by atoms with E-state index in [-0.39, 0.29) is 0 Å². The van der Waals surface area contributed by atoms with Crippen molar-refractivity contribution in [1.82, 2.24) is 4.98 Å². The number of benzene rings is 2. The first kappa shape index (κ1) is 13.4. The highest BCUT2D eigenvalue weighted by molar-refractivity contribution is 6.00. The van der Waals surface area contributed by atoms with Crippen LogP contribution >= 0.6 is 0 Å². The molecule has 0 saturated carbocycles. The summed E-state index contributed by atoms with van der Waals surface area (Å²) in [6.45, 7) is 2.85. The van der Waals surface area contributed by atoms with E-state index in [1.54, 1.807) is 0 Å². The first-order chi connectivity index (χ1) is 10.2. The summed E-state index contributed by atoms with van der Waals surface area (Å²) in [6.07, 6.45) is 1.83. The number of nitrogens with two attached hydrogens (primary N) is 1. The number of nitrogen functional groups attached to an aromatic ring is 1. The molecular weight excluding hydrogens is 258 g/mol. The normalized spacial score (nSPS) is 10.8. The third-order valence-corrected chi connectivity index (χ3v) is 3.81. The molecule has 2 aromatic carbocycles. The Morgan fingerprint density at radius 2 is 1.76 bits per heavy atom. The molecule has 3 rings (SSSR count). The van der Waals surface area contributed by atoms with Crippen LogP contribution in [-0.2, 0) is 6.54 Å². The van der Waals surface area contributed by atoms with Crippen molar-refractivity contribution in [3.05, 3.63) is 65.9 Å². The molecule has 3 nitrogen and oxygen atoms in total. The lowest BCUT2D eigenvalue weighted by molar-refractivity contribution is 0.905. The van der Waals surface area contributed by atoms with Crippen LogP contribution in [0.25, 0.3) is 10.8 Å². The average Bonchev–Trinajstić information content (AvgIpc) is 2.51. The molecule has 0 amide bonds. The number of nitrogens with zero attached hydrogens (tertiary/aromatic N) is 2. The standard InChI is InChI=1S/C18H19N3/c1-13-8-9-16-15(17(13)19)10-11-20-18(16)21(2)12-14-6-4-3-5-7-14/h3-11H,12,19H2,1-2H3. The van der Waals surface area contributed by atoms with Crippen molar-refractivity contribution in [2.24, 2.45) is 0 Å². The maximum absolute atomic E-state index is 6.19. The van der Waals surface area contributed by atoms with E-state index in [1.807, 2.05) is 25.3 Å². The summed E-state index contributed by atoms with van der Waals surface area (Å²) in [6, 6.07) is 16.5. The van der Waals surface area contributed by atoms with Crippen molar-refractivity contribution in [2.45, 2.75) is 13.5 Å². The fraction of sp³-hybridized carbons (Fsp3) is 0.167. The first-order valence-corrected chi connectivity index (χ1v) is 7.05. The minimum Gasteiger partial charge on any atom is -0.398 e. The second-order valence-corrected chi connectivity index (χ2v) is 5.37. The molecule has 0 aliphatic rings. The van der Waals surface area contributed by atoms with Crippen molar-refractivity contribution < 1.29 is 0 Å². The van der Waals surface area contributed by atoms with Gasteiger partial charge in [-0.2, -0.15) is 0 Å². The van der Waals surface area contributed by atoms with Crippen LogP contribution in [0.5, 0.6) is 0 Å². The summed E-state index contributed by atoms with van der Waals surface area (Å²) >= 11 is 0. The number of fused-ring (bicyclic) bond motifs is 1. The summed E-state index contributed by atoms with van der Waals surface area (Å²) in [5.41, 5.74) is 9.40. The van der Waals surface area contributed by atoms with Crippen LogP contribution < -0.4 is 10.6 Å². The van der Waals surface area contributed by atoms with E-state index in [2.05, 4.69) is 53.3 Å². The third kappa shape index (κ3) is 2.55. The van der Waals surface area contributed by atoms with Crippen LogP contribution in [0, 0.1) is 6.92 Å². The van der Waals surface area contributed by atoms with Gasteiger partial charge in [0, 0.05) is 36.2 Å². The van der Waals surface area contributed by atoms with E-state index in [4.69, 9.17) is 5.73 Å². The molecule has 21 heavy (non-hydrogen) atoms. The Balaban J connectivity index is 2.02. The van der Waals surface area contributed by atoms with Crippen LogP contribution in [0.3, 0.4) is 0 Å². The van der Waals surface area contributed by atoms with Gasteiger partial charge in [-0.25, -0.2) is 4.98 Å². The molecule has 3 aromatic rings. The molecule has 2 N–H and O–H groups in total. The van der Waals surface area contributed by atoms with Gasteiger partial charge in [0.1, 0.15) is 5.82 Å². The van der Waals surface area contributed by atoms with Crippen LogP contribution in [0.2, 0.25) is 0 Å². The van der Waals surface area contributed by atoms with Gasteiger partial charge in [-0.05, 0) is 24.1 Å². The maximum Gasteiger partial charge on any atom is 0.136 e. The molecule has 0 spiro atoms. The smallest absolute Gasteiger partial charge is 0.136 e. The number of hydrogen-bond acceptors (Lipinski definition) is 3. The van der Waals surface area contributed by atoms with E-state index < -0.39 is 0 Å². The highest BCUT2D eigenvalue weighted by Crippen LogP contribution is 2.30. The highest BCUT2D eigenvalue weighted by atomic mass is 15.2. The zero-order valence-corrected chi connectivity index (χ0v) is 12.4. The second kappa shape index (κ2) is 5.44. The Morgan fingerprint density at radius 3 is 2.52 bits per heavy atom. The molecule has 1 aromatic heterocycles. The highest BCUT2D eigenvalue weighted by Gasteiger charge is 2.10. The molecule has 1 heterocycles. The number of anilines is 2. The van der Waals surface area contributed by atoms with Crippen molar-refractivity contribution in [3.8, 4) is 0 Å². The predicted molar refractivity (Wildman–Crippen MR) is 89.4 cm³/mol. The van der Waals surface area contributed by atoms with Crippen molar-refractivity contribution in [1.29, 1.82) is 0 Å². The van der Waals surface area contributed by atoms with Crippen LogP contribution in [0.15, 0.2) is 54.7 Å². The summed E-state index contributed by atoms with van der Waals surface area (Å²) < 4.78 is 0.